The zero-order chi connectivity index (χ0) is 14.3. The van der Waals surface area contributed by atoms with Crippen LogP contribution in [0.4, 0.5) is 0 Å². The fourth-order valence-corrected chi connectivity index (χ4v) is 2.37. The van der Waals surface area contributed by atoms with Gasteiger partial charge in [-0.25, -0.2) is 9.97 Å². The van der Waals surface area contributed by atoms with Crippen LogP contribution < -0.4 is 0 Å². The minimum Gasteiger partial charge on any atom is -0.389 e. The van der Waals surface area contributed by atoms with Crippen molar-refractivity contribution in [1.29, 1.82) is 0 Å². The molecule has 0 aliphatic heterocycles. The third-order valence-electron chi connectivity index (χ3n) is 3.66. The van der Waals surface area contributed by atoms with Gasteiger partial charge in [-0.15, -0.1) is 0 Å². The summed E-state index contributed by atoms with van der Waals surface area (Å²) in [4.78, 5) is 8.85. The number of fused-ring (bicyclic) bond motifs is 1. The van der Waals surface area contributed by atoms with Gasteiger partial charge in [0.2, 0.25) is 0 Å². The molecule has 4 nitrogen and oxygen atoms in total. The summed E-state index contributed by atoms with van der Waals surface area (Å²) < 4.78 is 1.93. The molecule has 0 saturated heterocycles. The van der Waals surface area contributed by atoms with Crippen LogP contribution in [0.3, 0.4) is 0 Å². The first kappa shape index (κ1) is 12.8. The Bertz CT molecular complexity index is 774. The number of imidazole rings is 1. The normalized spacial score (nSPS) is 12.8. The first-order valence-corrected chi connectivity index (χ1v) is 6.65. The predicted octanol–water partition coefficient (Wildman–Crippen LogP) is 3.09. The lowest BCUT2D eigenvalue weighted by atomic mass is 10.1. The van der Waals surface area contributed by atoms with Gasteiger partial charge in [-0.2, -0.15) is 0 Å². The summed E-state index contributed by atoms with van der Waals surface area (Å²) in [5, 5.41) is 9.90. The van der Waals surface area contributed by atoms with Crippen molar-refractivity contribution in [2.24, 2.45) is 0 Å². The number of aliphatic hydroxyl groups is 1. The van der Waals surface area contributed by atoms with E-state index in [-0.39, 0.29) is 0 Å². The summed E-state index contributed by atoms with van der Waals surface area (Å²) in [6.45, 7) is 5.91. The largest absolute Gasteiger partial charge is 0.389 e. The van der Waals surface area contributed by atoms with Crippen LogP contribution in [-0.4, -0.2) is 19.6 Å². The number of aromatic nitrogens is 3. The summed E-state index contributed by atoms with van der Waals surface area (Å²) in [5.74, 6) is 0.730. The van der Waals surface area contributed by atoms with Crippen molar-refractivity contribution in [3.8, 4) is 5.82 Å². The molecule has 0 aliphatic carbocycles. The first-order valence-electron chi connectivity index (χ1n) is 6.65. The molecule has 0 spiro atoms. The molecule has 0 saturated carbocycles. The average molecular weight is 267 g/mol. The maximum atomic E-state index is 9.90. The lowest BCUT2D eigenvalue weighted by Crippen LogP contribution is -2.04. The summed E-state index contributed by atoms with van der Waals surface area (Å²) in [7, 11) is 0. The van der Waals surface area contributed by atoms with Gasteiger partial charge >= 0.3 is 0 Å². The van der Waals surface area contributed by atoms with Gasteiger partial charge in [0.25, 0.3) is 0 Å². The van der Waals surface area contributed by atoms with E-state index in [1.807, 2.05) is 16.7 Å². The number of nitrogens with zero attached hydrogens (tertiary/aromatic N) is 3. The van der Waals surface area contributed by atoms with Crippen molar-refractivity contribution in [3.05, 3.63) is 53.5 Å². The van der Waals surface area contributed by atoms with E-state index in [0.29, 0.717) is 0 Å². The van der Waals surface area contributed by atoms with Crippen LogP contribution in [0.15, 0.2) is 36.8 Å². The lowest BCUT2D eigenvalue weighted by molar-refractivity contribution is 0.198. The molecule has 2 heterocycles. The topological polar surface area (TPSA) is 50.9 Å². The smallest absolute Gasteiger partial charge is 0.144 e. The summed E-state index contributed by atoms with van der Waals surface area (Å²) in [6, 6.07) is 7.91. The van der Waals surface area contributed by atoms with E-state index in [9.17, 15) is 5.11 Å². The Morgan fingerprint density at radius 3 is 2.65 bits per heavy atom. The highest BCUT2D eigenvalue weighted by molar-refractivity contribution is 5.79. The van der Waals surface area contributed by atoms with Gasteiger partial charge in [-0.3, -0.25) is 4.57 Å². The quantitative estimate of drug-likeness (QED) is 0.776. The monoisotopic (exact) mass is 267 g/mol. The molecule has 0 aliphatic rings. The SMILES string of the molecule is Cc1cc2ncn(-c3ncccc3[C@H](C)O)c2cc1C. The van der Waals surface area contributed by atoms with Gasteiger partial charge in [0.1, 0.15) is 12.1 Å². The maximum Gasteiger partial charge on any atom is 0.144 e. The van der Waals surface area contributed by atoms with Crippen LogP contribution in [0.1, 0.15) is 29.7 Å². The van der Waals surface area contributed by atoms with Crippen molar-refractivity contribution in [1.82, 2.24) is 14.5 Å². The van der Waals surface area contributed by atoms with Crippen LogP contribution >= 0.6 is 0 Å². The van der Waals surface area contributed by atoms with E-state index in [0.717, 1.165) is 22.4 Å². The highest BCUT2D eigenvalue weighted by Gasteiger charge is 2.13. The van der Waals surface area contributed by atoms with E-state index in [4.69, 9.17) is 0 Å². The molecule has 0 radical (unpaired) electrons. The Balaban J connectivity index is 2.28. The van der Waals surface area contributed by atoms with E-state index < -0.39 is 6.10 Å². The number of aryl methyl sites for hydroxylation is 2. The summed E-state index contributed by atoms with van der Waals surface area (Å²) in [6.07, 6.45) is 2.92. The molecule has 3 rings (SSSR count). The summed E-state index contributed by atoms with van der Waals surface area (Å²) >= 11 is 0. The molecule has 1 N–H and O–H groups in total. The summed E-state index contributed by atoms with van der Waals surface area (Å²) in [5.41, 5.74) is 5.18. The highest BCUT2D eigenvalue weighted by atomic mass is 16.3. The van der Waals surface area contributed by atoms with Crippen LogP contribution in [0.5, 0.6) is 0 Å². The molecular weight excluding hydrogens is 250 g/mol. The van der Waals surface area contributed by atoms with Gasteiger partial charge in [-0.05, 0) is 50.1 Å². The Morgan fingerprint density at radius 2 is 1.90 bits per heavy atom. The minimum atomic E-state index is -0.567. The van der Waals surface area contributed by atoms with Crippen LogP contribution in [-0.2, 0) is 0 Å². The van der Waals surface area contributed by atoms with Crippen LogP contribution in [0, 0.1) is 13.8 Å². The first-order chi connectivity index (χ1) is 9.58. The molecule has 102 valence electrons. The second kappa shape index (κ2) is 4.72. The minimum absolute atomic E-state index is 0.567. The Labute approximate surface area is 117 Å². The lowest BCUT2D eigenvalue weighted by Gasteiger charge is -2.12. The van der Waals surface area contributed by atoms with Crippen molar-refractivity contribution in [2.45, 2.75) is 26.9 Å². The predicted molar refractivity (Wildman–Crippen MR) is 79.0 cm³/mol. The van der Waals surface area contributed by atoms with Gasteiger partial charge in [-0.1, -0.05) is 6.07 Å². The number of hydrogen-bond donors (Lipinski definition) is 1. The highest BCUT2D eigenvalue weighted by Crippen LogP contribution is 2.25. The van der Waals surface area contributed by atoms with Crippen molar-refractivity contribution in [2.75, 3.05) is 0 Å². The Hall–Kier alpha value is -2.20. The molecule has 1 atom stereocenters. The van der Waals surface area contributed by atoms with Gasteiger partial charge < -0.3 is 5.11 Å². The number of pyridine rings is 1. The second-order valence-corrected chi connectivity index (χ2v) is 5.13. The van der Waals surface area contributed by atoms with Gasteiger partial charge in [0.05, 0.1) is 17.1 Å². The van der Waals surface area contributed by atoms with Crippen molar-refractivity contribution < 1.29 is 5.11 Å². The van der Waals surface area contributed by atoms with Gasteiger partial charge in [0.15, 0.2) is 0 Å². The zero-order valence-corrected chi connectivity index (χ0v) is 11.8. The molecule has 0 bridgehead atoms. The molecular formula is C16H17N3O. The maximum absolute atomic E-state index is 9.90. The fourth-order valence-electron chi connectivity index (χ4n) is 2.37. The molecule has 1 aromatic carbocycles. The van der Waals surface area contributed by atoms with Crippen molar-refractivity contribution in [3.63, 3.8) is 0 Å². The molecule has 2 aromatic heterocycles. The fraction of sp³-hybridized carbons (Fsp3) is 0.250. The third-order valence-corrected chi connectivity index (χ3v) is 3.66. The van der Waals surface area contributed by atoms with E-state index >= 15 is 0 Å². The molecule has 0 fully saturated rings. The number of rotatable bonds is 2. The van der Waals surface area contributed by atoms with Gasteiger partial charge in [0, 0.05) is 11.8 Å². The van der Waals surface area contributed by atoms with Crippen LogP contribution in [0.2, 0.25) is 0 Å². The zero-order valence-electron chi connectivity index (χ0n) is 11.8. The Morgan fingerprint density at radius 1 is 1.15 bits per heavy atom. The molecule has 3 aromatic rings. The number of aliphatic hydroxyl groups excluding tert-OH is 1. The van der Waals surface area contributed by atoms with E-state index in [2.05, 4.69) is 35.9 Å². The molecule has 0 unspecified atom stereocenters. The molecule has 4 heteroatoms. The van der Waals surface area contributed by atoms with Crippen LogP contribution in [0.25, 0.3) is 16.9 Å². The average Bonchev–Trinajstić information content (AvgIpc) is 2.82. The molecule has 20 heavy (non-hydrogen) atoms. The second-order valence-electron chi connectivity index (χ2n) is 5.13. The van der Waals surface area contributed by atoms with E-state index in [1.54, 1.807) is 19.4 Å². The Kier molecular flexibility index (Phi) is 3.03. The van der Waals surface area contributed by atoms with E-state index in [1.165, 1.54) is 11.1 Å². The third kappa shape index (κ3) is 1.98. The number of benzene rings is 1. The standard InChI is InChI=1S/C16H17N3O/c1-10-7-14-15(8-11(10)2)19(9-18-14)16-13(12(3)20)5-4-6-17-16/h4-9,12,20H,1-3H3/t12-/m0/s1. The number of hydrogen-bond acceptors (Lipinski definition) is 3. The molecule has 0 amide bonds. The van der Waals surface area contributed by atoms with Crippen molar-refractivity contribution >= 4 is 11.0 Å².